The van der Waals surface area contributed by atoms with E-state index in [1.807, 2.05) is 0 Å². The van der Waals surface area contributed by atoms with Gasteiger partial charge in [0, 0.05) is 17.1 Å². The molecule has 4 nitrogen and oxygen atoms in total. The fourth-order valence-corrected chi connectivity index (χ4v) is 4.75. The number of nitrogens with two attached hydrogens (primary N) is 1. The van der Waals surface area contributed by atoms with Gasteiger partial charge in [-0.15, -0.1) is 11.3 Å². The average Bonchev–Trinajstić information content (AvgIpc) is 2.76. The van der Waals surface area contributed by atoms with Crippen LogP contribution in [-0.4, -0.2) is 15.7 Å². The van der Waals surface area contributed by atoms with Crippen molar-refractivity contribution in [3.05, 3.63) is 10.4 Å². The van der Waals surface area contributed by atoms with E-state index in [9.17, 15) is 0 Å². The number of anilines is 1. The minimum Gasteiger partial charge on any atom is -0.383 e. The maximum absolute atomic E-state index is 8.58. The third-order valence-corrected chi connectivity index (χ3v) is 5.60. The summed E-state index contributed by atoms with van der Waals surface area (Å²) in [6.45, 7) is 2.30. The first kappa shape index (κ1) is 13.7. The van der Waals surface area contributed by atoms with Gasteiger partial charge in [-0.25, -0.2) is 9.97 Å². The topological polar surface area (TPSA) is 75.6 Å². The Morgan fingerprint density at radius 1 is 1.50 bits per heavy atom. The van der Waals surface area contributed by atoms with Crippen molar-refractivity contribution in [3.63, 3.8) is 0 Å². The van der Waals surface area contributed by atoms with E-state index in [1.165, 1.54) is 28.6 Å². The summed E-state index contributed by atoms with van der Waals surface area (Å²) in [5.74, 6) is 2.06. The molecule has 0 radical (unpaired) electrons. The second-order valence-electron chi connectivity index (χ2n) is 5.18. The molecule has 0 bridgehead atoms. The van der Waals surface area contributed by atoms with Crippen molar-refractivity contribution in [2.45, 2.75) is 37.8 Å². The van der Waals surface area contributed by atoms with Crippen molar-refractivity contribution in [3.8, 4) is 6.07 Å². The first-order valence-electron chi connectivity index (χ1n) is 6.76. The Balaban J connectivity index is 1.98. The normalized spacial score (nSPS) is 17.9. The lowest BCUT2D eigenvalue weighted by molar-refractivity contribution is 0.509. The quantitative estimate of drug-likeness (QED) is 0.534. The molecule has 3 rings (SSSR count). The largest absolute Gasteiger partial charge is 0.383 e. The number of hydrogen-bond donors (Lipinski definition) is 1. The molecule has 0 saturated heterocycles. The number of aromatic nitrogens is 2. The summed E-state index contributed by atoms with van der Waals surface area (Å²) in [7, 11) is 0. The molecule has 2 aromatic heterocycles. The van der Waals surface area contributed by atoms with Gasteiger partial charge in [-0.05, 0) is 30.7 Å². The molecular weight excluding hydrogens is 288 g/mol. The van der Waals surface area contributed by atoms with Crippen molar-refractivity contribution in [1.29, 1.82) is 5.26 Å². The highest BCUT2D eigenvalue weighted by Gasteiger charge is 2.23. The lowest BCUT2D eigenvalue weighted by atomic mass is 9.89. The Morgan fingerprint density at radius 2 is 2.35 bits per heavy atom. The molecule has 2 N–H and O–H groups in total. The van der Waals surface area contributed by atoms with Crippen LogP contribution >= 0.6 is 23.1 Å². The summed E-state index contributed by atoms with van der Waals surface area (Å²) in [6, 6.07) is 2.13. The number of rotatable bonds is 3. The van der Waals surface area contributed by atoms with E-state index in [1.54, 1.807) is 11.3 Å². The molecule has 2 heterocycles. The van der Waals surface area contributed by atoms with Crippen LogP contribution in [0.3, 0.4) is 0 Å². The molecule has 0 unspecified atom stereocenters. The van der Waals surface area contributed by atoms with Gasteiger partial charge in [-0.3, -0.25) is 0 Å². The number of nitrogen functional groups attached to an aromatic ring is 1. The molecule has 0 saturated carbocycles. The van der Waals surface area contributed by atoms with Crippen LogP contribution in [0, 0.1) is 17.2 Å². The second-order valence-corrected chi connectivity index (χ2v) is 7.33. The molecule has 0 spiro atoms. The van der Waals surface area contributed by atoms with Gasteiger partial charge in [0.05, 0.1) is 11.5 Å². The first-order valence-corrected chi connectivity index (χ1v) is 8.56. The number of hydrogen-bond acceptors (Lipinski definition) is 6. The zero-order valence-electron chi connectivity index (χ0n) is 11.3. The monoisotopic (exact) mass is 304 g/mol. The molecule has 1 aliphatic carbocycles. The molecule has 0 aromatic carbocycles. The highest BCUT2D eigenvalue weighted by molar-refractivity contribution is 7.99. The van der Waals surface area contributed by atoms with Crippen molar-refractivity contribution < 1.29 is 0 Å². The number of thioether (sulfide) groups is 1. The predicted octanol–water partition coefficient (Wildman–Crippen LogP) is 3.40. The SMILES string of the molecule is C[C@@H]1CCc2c(sc3nc(SCCC#N)nc(N)c23)C1. The lowest BCUT2D eigenvalue weighted by Gasteiger charge is -2.17. The molecule has 104 valence electrons. The number of fused-ring (bicyclic) bond motifs is 3. The van der Waals surface area contributed by atoms with Crippen LogP contribution < -0.4 is 5.73 Å². The number of aryl methyl sites for hydroxylation is 1. The van der Waals surface area contributed by atoms with Gasteiger partial charge in [0.1, 0.15) is 10.6 Å². The minimum atomic E-state index is 0.504. The van der Waals surface area contributed by atoms with Crippen LogP contribution in [-0.2, 0) is 12.8 Å². The Bertz CT molecular complexity index is 687. The fraction of sp³-hybridized carbons (Fsp3) is 0.500. The Hall–Kier alpha value is -1.32. The van der Waals surface area contributed by atoms with E-state index in [2.05, 4.69) is 23.0 Å². The maximum Gasteiger partial charge on any atom is 0.190 e. The minimum absolute atomic E-state index is 0.504. The standard InChI is InChI=1S/C14H16N4S2/c1-8-3-4-9-10(7-8)20-13-11(9)12(16)17-14(18-13)19-6-2-5-15/h8H,2-4,6-7H2,1H3,(H2,16,17,18)/t8-/m1/s1. The third-order valence-electron chi connectivity index (χ3n) is 3.61. The zero-order chi connectivity index (χ0) is 14.1. The summed E-state index contributed by atoms with van der Waals surface area (Å²) in [5.41, 5.74) is 7.51. The van der Waals surface area contributed by atoms with Crippen molar-refractivity contribution in [2.24, 2.45) is 5.92 Å². The van der Waals surface area contributed by atoms with Crippen molar-refractivity contribution in [1.82, 2.24) is 9.97 Å². The van der Waals surface area contributed by atoms with Crippen LogP contribution in [0.1, 0.15) is 30.2 Å². The van der Waals surface area contributed by atoms with Gasteiger partial charge in [0.2, 0.25) is 0 Å². The van der Waals surface area contributed by atoms with Crippen molar-refractivity contribution >= 4 is 39.1 Å². The summed E-state index contributed by atoms with van der Waals surface area (Å²) in [5, 5.41) is 10.3. The maximum atomic E-state index is 8.58. The van der Waals surface area contributed by atoms with E-state index in [0.717, 1.165) is 29.0 Å². The summed E-state index contributed by atoms with van der Waals surface area (Å²) in [6.07, 6.45) is 3.94. The molecule has 2 aromatic rings. The van der Waals surface area contributed by atoms with Crippen LogP contribution in [0.2, 0.25) is 0 Å². The van der Waals surface area contributed by atoms with E-state index < -0.39 is 0 Å². The zero-order valence-corrected chi connectivity index (χ0v) is 13.0. The lowest BCUT2D eigenvalue weighted by Crippen LogP contribution is -2.09. The van der Waals surface area contributed by atoms with Gasteiger partial charge in [-0.1, -0.05) is 18.7 Å². The van der Waals surface area contributed by atoms with E-state index in [4.69, 9.17) is 11.0 Å². The Labute approximate surface area is 126 Å². The third kappa shape index (κ3) is 2.48. The smallest absolute Gasteiger partial charge is 0.190 e. The number of nitriles is 1. The number of nitrogens with zero attached hydrogens (tertiary/aromatic N) is 3. The first-order chi connectivity index (χ1) is 9.69. The molecule has 1 aliphatic rings. The summed E-state index contributed by atoms with van der Waals surface area (Å²) in [4.78, 5) is 11.5. The second kappa shape index (κ2) is 5.58. The molecule has 6 heteroatoms. The molecule has 0 aliphatic heterocycles. The molecule has 0 amide bonds. The van der Waals surface area contributed by atoms with Gasteiger partial charge < -0.3 is 5.73 Å². The number of thiophene rings is 1. The van der Waals surface area contributed by atoms with Crippen LogP contribution in [0.5, 0.6) is 0 Å². The molecule has 0 fully saturated rings. The van der Waals surface area contributed by atoms with Gasteiger partial charge in [-0.2, -0.15) is 5.26 Å². The summed E-state index contributed by atoms with van der Waals surface area (Å²) >= 11 is 3.26. The van der Waals surface area contributed by atoms with E-state index in [-0.39, 0.29) is 0 Å². The molecule has 1 atom stereocenters. The Kier molecular flexibility index (Phi) is 3.81. The Morgan fingerprint density at radius 3 is 3.15 bits per heavy atom. The average molecular weight is 304 g/mol. The van der Waals surface area contributed by atoms with Crippen LogP contribution in [0.25, 0.3) is 10.2 Å². The van der Waals surface area contributed by atoms with Crippen LogP contribution in [0.4, 0.5) is 5.82 Å². The van der Waals surface area contributed by atoms with Crippen LogP contribution in [0.15, 0.2) is 5.16 Å². The van der Waals surface area contributed by atoms with Crippen molar-refractivity contribution in [2.75, 3.05) is 11.5 Å². The van der Waals surface area contributed by atoms with E-state index >= 15 is 0 Å². The fourth-order valence-electron chi connectivity index (χ4n) is 2.60. The molecule has 20 heavy (non-hydrogen) atoms. The highest BCUT2D eigenvalue weighted by atomic mass is 32.2. The van der Waals surface area contributed by atoms with Gasteiger partial charge in [0.15, 0.2) is 5.16 Å². The predicted molar refractivity (Wildman–Crippen MR) is 84.0 cm³/mol. The summed E-state index contributed by atoms with van der Waals surface area (Å²) < 4.78 is 0. The van der Waals surface area contributed by atoms with E-state index in [0.29, 0.717) is 23.1 Å². The highest BCUT2D eigenvalue weighted by Crippen LogP contribution is 2.39. The van der Waals surface area contributed by atoms with Gasteiger partial charge >= 0.3 is 0 Å². The molecular formula is C14H16N4S2. The van der Waals surface area contributed by atoms with Gasteiger partial charge in [0.25, 0.3) is 0 Å².